The average Bonchev–Trinajstić information content (AvgIpc) is 2.47. The van der Waals surface area contributed by atoms with E-state index in [0.29, 0.717) is 12.4 Å². The highest BCUT2D eigenvalue weighted by atomic mass is 19.1. The summed E-state index contributed by atoms with van der Waals surface area (Å²) in [4.78, 5) is 0. The molecule has 20 heavy (non-hydrogen) atoms. The van der Waals surface area contributed by atoms with Gasteiger partial charge in [0.1, 0.15) is 6.61 Å². The third kappa shape index (κ3) is 3.81. The smallest absolute Gasteiger partial charge is 0.165 e. The van der Waals surface area contributed by atoms with Crippen LogP contribution in [0.1, 0.15) is 16.7 Å². The van der Waals surface area contributed by atoms with E-state index in [0.717, 1.165) is 24.1 Å². The van der Waals surface area contributed by atoms with Crippen LogP contribution in [-0.2, 0) is 13.0 Å². The maximum absolute atomic E-state index is 13.6. The second-order valence-corrected chi connectivity index (χ2v) is 4.84. The zero-order valence-electron chi connectivity index (χ0n) is 11.9. The standard InChI is InChI=1S/C17H20FNO/c1-13-7-8-16(18)17(11-13)20-12-15-6-4-3-5-14(15)9-10-19-2/h3-8,11,19H,9-10,12H2,1-2H3. The molecule has 0 bridgehead atoms. The molecule has 2 nitrogen and oxygen atoms in total. The molecule has 2 aromatic carbocycles. The first-order valence-electron chi connectivity index (χ1n) is 6.81. The first-order valence-corrected chi connectivity index (χ1v) is 6.81. The molecule has 2 rings (SSSR count). The molecule has 0 aliphatic carbocycles. The number of rotatable bonds is 6. The van der Waals surface area contributed by atoms with Crippen LogP contribution >= 0.6 is 0 Å². The van der Waals surface area contributed by atoms with Crippen molar-refractivity contribution < 1.29 is 9.13 Å². The fourth-order valence-corrected chi connectivity index (χ4v) is 2.08. The van der Waals surface area contributed by atoms with Crippen molar-refractivity contribution in [1.29, 1.82) is 0 Å². The lowest BCUT2D eigenvalue weighted by atomic mass is 10.1. The summed E-state index contributed by atoms with van der Waals surface area (Å²) in [6, 6.07) is 13.0. The Labute approximate surface area is 119 Å². The van der Waals surface area contributed by atoms with E-state index in [-0.39, 0.29) is 5.82 Å². The SMILES string of the molecule is CNCCc1ccccc1COc1cc(C)ccc1F. The third-order valence-electron chi connectivity index (χ3n) is 3.23. The van der Waals surface area contributed by atoms with Gasteiger partial charge in [0.25, 0.3) is 0 Å². The average molecular weight is 273 g/mol. The number of nitrogens with one attached hydrogen (secondary N) is 1. The van der Waals surface area contributed by atoms with E-state index < -0.39 is 0 Å². The van der Waals surface area contributed by atoms with E-state index in [2.05, 4.69) is 11.4 Å². The molecule has 0 aliphatic rings. The Bertz CT molecular complexity index is 569. The zero-order valence-corrected chi connectivity index (χ0v) is 11.9. The Balaban J connectivity index is 2.08. The van der Waals surface area contributed by atoms with Gasteiger partial charge in [0.15, 0.2) is 11.6 Å². The fourth-order valence-electron chi connectivity index (χ4n) is 2.08. The summed E-state index contributed by atoms with van der Waals surface area (Å²) in [6.07, 6.45) is 0.937. The summed E-state index contributed by atoms with van der Waals surface area (Å²) < 4.78 is 19.3. The Hall–Kier alpha value is -1.87. The van der Waals surface area contributed by atoms with Gasteiger partial charge in [-0.25, -0.2) is 4.39 Å². The number of hydrogen-bond donors (Lipinski definition) is 1. The second-order valence-electron chi connectivity index (χ2n) is 4.84. The highest BCUT2D eigenvalue weighted by Crippen LogP contribution is 2.20. The van der Waals surface area contributed by atoms with Crippen LogP contribution in [0.15, 0.2) is 42.5 Å². The zero-order chi connectivity index (χ0) is 14.4. The quantitative estimate of drug-likeness (QED) is 0.870. The molecular formula is C17H20FNO. The number of likely N-dealkylation sites (N-methyl/N-ethyl adjacent to an activating group) is 1. The van der Waals surface area contributed by atoms with Gasteiger partial charge in [-0.15, -0.1) is 0 Å². The van der Waals surface area contributed by atoms with E-state index in [4.69, 9.17) is 4.74 Å². The number of halogens is 1. The summed E-state index contributed by atoms with van der Waals surface area (Å²) >= 11 is 0. The van der Waals surface area contributed by atoms with Crippen LogP contribution in [0.3, 0.4) is 0 Å². The van der Waals surface area contributed by atoms with Crippen LogP contribution in [0.5, 0.6) is 5.75 Å². The molecule has 0 saturated carbocycles. The van der Waals surface area contributed by atoms with Gasteiger partial charge in [0.05, 0.1) is 0 Å². The Morgan fingerprint density at radius 3 is 2.60 bits per heavy atom. The minimum absolute atomic E-state index is 0.313. The van der Waals surface area contributed by atoms with Gasteiger partial charge >= 0.3 is 0 Å². The van der Waals surface area contributed by atoms with E-state index in [1.54, 1.807) is 12.1 Å². The Morgan fingerprint density at radius 1 is 1.10 bits per heavy atom. The molecule has 2 aromatic rings. The molecule has 0 fully saturated rings. The van der Waals surface area contributed by atoms with Gasteiger partial charge in [-0.3, -0.25) is 0 Å². The summed E-state index contributed by atoms with van der Waals surface area (Å²) in [5.74, 6) is -0.00303. The third-order valence-corrected chi connectivity index (χ3v) is 3.23. The summed E-state index contributed by atoms with van der Waals surface area (Å²) in [7, 11) is 1.93. The van der Waals surface area contributed by atoms with Gasteiger partial charge in [-0.2, -0.15) is 0 Å². The molecule has 0 spiro atoms. The topological polar surface area (TPSA) is 21.3 Å². The van der Waals surface area contributed by atoms with Gasteiger partial charge < -0.3 is 10.1 Å². The molecule has 3 heteroatoms. The molecule has 0 heterocycles. The monoisotopic (exact) mass is 273 g/mol. The van der Waals surface area contributed by atoms with Crippen molar-refractivity contribution in [2.24, 2.45) is 0 Å². The van der Waals surface area contributed by atoms with Crippen molar-refractivity contribution in [3.8, 4) is 5.75 Å². The van der Waals surface area contributed by atoms with E-state index in [9.17, 15) is 4.39 Å². The van der Waals surface area contributed by atoms with Gasteiger partial charge in [0.2, 0.25) is 0 Å². The Kier molecular flexibility index (Phi) is 5.13. The van der Waals surface area contributed by atoms with Crippen molar-refractivity contribution in [3.05, 3.63) is 65.0 Å². The van der Waals surface area contributed by atoms with Gasteiger partial charge in [-0.1, -0.05) is 30.3 Å². The van der Waals surface area contributed by atoms with Crippen LogP contribution < -0.4 is 10.1 Å². The number of aryl methyl sites for hydroxylation is 1. The summed E-state index contributed by atoms with van der Waals surface area (Å²) in [5, 5.41) is 3.13. The first kappa shape index (κ1) is 14.5. The maximum Gasteiger partial charge on any atom is 0.165 e. The van der Waals surface area contributed by atoms with Crippen molar-refractivity contribution in [2.75, 3.05) is 13.6 Å². The van der Waals surface area contributed by atoms with Gasteiger partial charge in [0, 0.05) is 0 Å². The van der Waals surface area contributed by atoms with Crippen LogP contribution in [0.4, 0.5) is 4.39 Å². The molecule has 0 amide bonds. The molecule has 0 radical (unpaired) electrons. The molecule has 1 N–H and O–H groups in total. The maximum atomic E-state index is 13.6. The molecule has 0 atom stereocenters. The molecule has 0 aromatic heterocycles. The van der Waals surface area contributed by atoms with Crippen molar-refractivity contribution >= 4 is 0 Å². The van der Waals surface area contributed by atoms with E-state index >= 15 is 0 Å². The highest BCUT2D eigenvalue weighted by molar-refractivity contribution is 5.31. The van der Waals surface area contributed by atoms with Crippen LogP contribution in [0.25, 0.3) is 0 Å². The van der Waals surface area contributed by atoms with Crippen molar-refractivity contribution in [1.82, 2.24) is 5.32 Å². The lowest BCUT2D eigenvalue weighted by molar-refractivity contribution is 0.289. The van der Waals surface area contributed by atoms with E-state index in [1.807, 2.05) is 32.2 Å². The molecular weight excluding hydrogens is 253 g/mol. The minimum atomic E-state index is -0.316. The number of benzene rings is 2. The molecule has 106 valence electrons. The highest BCUT2D eigenvalue weighted by Gasteiger charge is 2.06. The van der Waals surface area contributed by atoms with Crippen molar-refractivity contribution in [2.45, 2.75) is 20.0 Å². The lowest BCUT2D eigenvalue weighted by Gasteiger charge is -2.12. The Morgan fingerprint density at radius 2 is 1.85 bits per heavy atom. The molecule has 0 unspecified atom stereocenters. The van der Waals surface area contributed by atoms with Crippen LogP contribution in [-0.4, -0.2) is 13.6 Å². The number of ether oxygens (including phenoxy) is 1. The summed E-state index contributed by atoms with van der Waals surface area (Å²) in [5.41, 5.74) is 3.32. The van der Waals surface area contributed by atoms with Crippen LogP contribution in [0, 0.1) is 12.7 Å². The van der Waals surface area contributed by atoms with Crippen LogP contribution in [0.2, 0.25) is 0 Å². The fraction of sp³-hybridized carbons (Fsp3) is 0.294. The number of hydrogen-bond acceptors (Lipinski definition) is 2. The summed E-state index contributed by atoms with van der Waals surface area (Å²) in [6.45, 7) is 3.23. The molecule has 0 aliphatic heterocycles. The predicted octanol–water partition coefficient (Wildman–Crippen LogP) is 3.48. The van der Waals surface area contributed by atoms with Crippen molar-refractivity contribution in [3.63, 3.8) is 0 Å². The van der Waals surface area contributed by atoms with Gasteiger partial charge in [-0.05, 0) is 55.8 Å². The predicted molar refractivity (Wildman–Crippen MR) is 79.5 cm³/mol. The minimum Gasteiger partial charge on any atom is -0.486 e. The lowest BCUT2D eigenvalue weighted by Crippen LogP contribution is -2.12. The second kappa shape index (κ2) is 7.06. The first-order chi connectivity index (χ1) is 9.70. The largest absolute Gasteiger partial charge is 0.486 e. The van der Waals surface area contributed by atoms with E-state index in [1.165, 1.54) is 11.6 Å². The normalized spacial score (nSPS) is 10.6. The molecule has 0 saturated heterocycles.